The van der Waals surface area contributed by atoms with Gasteiger partial charge in [0, 0.05) is 25.9 Å². The fraction of sp³-hybridized carbons (Fsp3) is 0.643. The number of ether oxygens (including phenoxy) is 1. The number of hydrogen-bond donors (Lipinski definition) is 1. The lowest BCUT2D eigenvalue weighted by Crippen LogP contribution is -2.28. The zero-order valence-corrected chi connectivity index (χ0v) is 10.8. The van der Waals surface area contributed by atoms with Crippen LogP contribution in [-0.4, -0.2) is 24.2 Å². The van der Waals surface area contributed by atoms with Gasteiger partial charge >= 0.3 is 0 Å². The molecule has 0 aromatic carbocycles. The Hall–Kier alpha value is -0.930. The second-order valence-electron chi connectivity index (χ2n) is 4.82. The molecule has 2 unspecified atom stereocenters. The Kier molecular flexibility index (Phi) is 4.51. The van der Waals surface area contributed by atoms with Crippen molar-refractivity contribution in [3.8, 4) is 0 Å². The lowest BCUT2D eigenvalue weighted by molar-refractivity contribution is 0.0872. The fourth-order valence-electron chi connectivity index (χ4n) is 2.37. The van der Waals surface area contributed by atoms with Crippen molar-refractivity contribution in [2.75, 3.05) is 13.2 Å². The zero-order valence-electron chi connectivity index (χ0n) is 10.8. The highest BCUT2D eigenvalue weighted by Gasteiger charge is 2.25. The van der Waals surface area contributed by atoms with E-state index in [0.29, 0.717) is 12.0 Å². The van der Waals surface area contributed by atoms with Gasteiger partial charge in [-0.3, -0.25) is 4.98 Å². The van der Waals surface area contributed by atoms with E-state index in [-0.39, 0.29) is 0 Å². The SMILES string of the molecule is CCC1OCCC1CNCc1ccc(C)cn1. The Balaban J connectivity index is 1.74. The summed E-state index contributed by atoms with van der Waals surface area (Å²) >= 11 is 0. The van der Waals surface area contributed by atoms with Gasteiger partial charge in [0.1, 0.15) is 0 Å². The minimum absolute atomic E-state index is 0.452. The highest BCUT2D eigenvalue weighted by atomic mass is 16.5. The monoisotopic (exact) mass is 234 g/mol. The molecule has 2 rings (SSSR count). The minimum Gasteiger partial charge on any atom is -0.378 e. The van der Waals surface area contributed by atoms with E-state index in [4.69, 9.17) is 4.74 Å². The molecule has 1 aliphatic heterocycles. The lowest BCUT2D eigenvalue weighted by Gasteiger charge is -2.17. The molecule has 94 valence electrons. The van der Waals surface area contributed by atoms with Gasteiger partial charge in [0.25, 0.3) is 0 Å². The number of nitrogens with zero attached hydrogens (tertiary/aromatic N) is 1. The van der Waals surface area contributed by atoms with Crippen molar-refractivity contribution in [3.05, 3.63) is 29.6 Å². The number of aromatic nitrogens is 1. The number of hydrogen-bond acceptors (Lipinski definition) is 3. The summed E-state index contributed by atoms with van der Waals surface area (Å²) in [6, 6.07) is 4.20. The standard InChI is InChI=1S/C14H22N2O/c1-3-14-12(6-7-17-14)9-15-10-13-5-4-11(2)8-16-13/h4-5,8,12,14-15H,3,6-7,9-10H2,1-2H3. The van der Waals surface area contributed by atoms with Crippen LogP contribution in [0.2, 0.25) is 0 Å². The van der Waals surface area contributed by atoms with Crippen molar-refractivity contribution in [2.24, 2.45) is 5.92 Å². The van der Waals surface area contributed by atoms with Crippen molar-refractivity contribution in [1.82, 2.24) is 10.3 Å². The van der Waals surface area contributed by atoms with E-state index in [1.54, 1.807) is 0 Å². The maximum Gasteiger partial charge on any atom is 0.0613 e. The van der Waals surface area contributed by atoms with Crippen LogP contribution < -0.4 is 5.32 Å². The lowest BCUT2D eigenvalue weighted by atomic mass is 10.00. The fourth-order valence-corrected chi connectivity index (χ4v) is 2.37. The molecule has 0 radical (unpaired) electrons. The maximum absolute atomic E-state index is 5.68. The first-order valence-electron chi connectivity index (χ1n) is 6.53. The number of aryl methyl sites for hydroxylation is 1. The van der Waals surface area contributed by atoms with Crippen LogP contribution in [0.15, 0.2) is 18.3 Å². The molecule has 0 saturated carbocycles. The van der Waals surface area contributed by atoms with Crippen LogP contribution in [0, 0.1) is 12.8 Å². The van der Waals surface area contributed by atoms with Gasteiger partial charge in [-0.25, -0.2) is 0 Å². The van der Waals surface area contributed by atoms with Crippen LogP contribution in [0.5, 0.6) is 0 Å². The van der Waals surface area contributed by atoms with Gasteiger partial charge in [0.2, 0.25) is 0 Å². The zero-order chi connectivity index (χ0) is 12.1. The van der Waals surface area contributed by atoms with Crippen molar-refractivity contribution >= 4 is 0 Å². The summed E-state index contributed by atoms with van der Waals surface area (Å²) in [6.45, 7) is 7.07. The third-order valence-corrected chi connectivity index (χ3v) is 3.43. The average molecular weight is 234 g/mol. The highest BCUT2D eigenvalue weighted by molar-refractivity contribution is 5.11. The molecule has 1 N–H and O–H groups in total. The van der Waals surface area contributed by atoms with Crippen molar-refractivity contribution < 1.29 is 4.74 Å². The van der Waals surface area contributed by atoms with E-state index in [1.165, 1.54) is 12.0 Å². The molecule has 0 aliphatic carbocycles. The second kappa shape index (κ2) is 6.12. The normalized spacial score (nSPS) is 24.1. The van der Waals surface area contributed by atoms with Crippen LogP contribution in [0.4, 0.5) is 0 Å². The van der Waals surface area contributed by atoms with E-state index in [9.17, 15) is 0 Å². The molecule has 0 bridgehead atoms. The summed E-state index contributed by atoms with van der Waals surface area (Å²) in [6.07, 6.45) is 4.68. The summed E-state index contributed by atoms with van der Waals surface area (Å²) in [5.74, 6) is 0.672. The molecule has 1 aromatic rings. The quantitative estimate of drug-likeness (QED) is 0.849. The van der Waals surface area contributed by atoms with Gasteiger partial charge in [-0.1, -0.05) is 13.0 Å². The van der Waals surface area contributed by atoms with E-state index in [0.717, 1.165) is 31.8 Å². The van der Waals surface area contributed by atoms with Crippen LogP contribution in [0.3, 0.4) is 0 Å². The molecule has 1 fully saturated rings. The predicted octanol–water partition coefficient (Wildman–Crippen LogP) is 2.29. The van der Waals surface area contributed by atoms with Crippen LogP contribution in [-0.2, 0) is 11.3 Å². The molecular formula is C14H22N2O. The number of nitrogens with one attached hydrogen (secondary N) is 1. The highest BCUT2D eigenvalue weighted by Crippen LogP contribution is 2.22. The summed E-state index contributed by atoms with van der Waals surface area (Å²) in [5, 5.41) is 3.48. The Bertz CT molecular complexity index is 337. The molecule has 3 nitrogen and oxygen atoms in total. The summed E-state index contributed by atoms with van der Waals surface area (Å²) < 4.78 is 5.68. The molecule has 1 aliphatic rings. The molecule has 2 heterocycles. The first kappa shape index (κ1) is 12.5. The van der Waals surface area contributed by atoms with Crippen molar-refractivity contribution in [2.45, 2.75) is 39.3 Å². The molecule has 0 amide bonds. The number of rotatable bonds is 5. The van der Waals surface area contributed by atoms with Gasteiger partial charge in [-0.05, 0) is 37.3 Å². The third kappa shape index (κ3) is 3.51. The van der Waals surface area contributed by atoms with Crippen LogP contribution in [0.1, 0.15) is 31.0 Å². The van der Waals surface area contributed by atoms with E-state index < -0.39 is 0 Å². The summed E-state index contributed by atoms with van der Waals surface area (Å²) in [5.41, 5.74) is 2.33. The van der Waals surface area contributed by atoms with Gasteiger partial charge in [-0.15, -0.1) is 0 Å². The second-order valence-corrected chi connectivity index (χ2v) is 4.82. The Morgan fingerprint density at radius 3 is 3.06 bits per heavy atom. The maximum atomic E-state index is 5.68. The third-order valence-electron chi connectivity index (χ3n) is 3.43. The Morgan fingerprint density at radius 1 is 1.47 bits per heavy atom. The van der Waals surface area contributed by atoms with Crippen LogP contribution in [0.25, 0.3) is 0 Å². The smallest absolute Gasteiger partial charge is 0.0613 e. The average Bonchev–Trinajstić information content (AvgIpc) is 2.79. The van der Waals surface area contributed by atoms with Crippen molar-refractivity contribution in [1.29, 1.82) is 0 Å². The summed E-state index contributed by atoms with van der Waals surface area (Å²) in [4.78, 5) is 4.39. The van der Waals surface area contributed by atoms with Crippen LogP contribution >= 0.6 is 0 Å². The molecule has 0 spiro atoms. The van der Waals surface area contributed by atoms with E-state index >= 15 is 0 Å². The number of pyridine rings is 1. The van der Waals surface area contributed by atoms with Gasteiger partial charge < -0.3 is 10.1 Å². The topological polar surface area (TPSA) is 34.1 Å². The molecule has 17 heavy (non-hydrogen) atoms. The predicted molar refractivity (Wildman–Crippen MR) is 68.8 cm³/mol. The molecule has 2 atom stereocenters. The minimum atomic E-state index is 0.452. The first-order valence-corrected chi connectivity index (χ1v) is 6.53. The molecular weight excluding hydrogens is 212 g/mol. The van der Waals surface area contributed by atoms with Crippen molar-refractivity contribution in [3.63, 3.8) is 0 Å². The molecule has 1 aromatic heterocycles. The Morgan fingerprint density at radius 2 is 2.35 bits per heavy atom. The first-order chi connectivity index (χ1) is 8.29. The van der Waals surface area contributed by atoms with E-state index in [2.05, 4.69) is 36.3 Å². The molecule has 1 saturated heterocycles. The largest absolute Gasteiger partial charge is 0.378 e. The van der Waals surface area contributed by atoms with Gasteiger partial charge in [-0.2, -0.15) is 0 Å². The van der Waals surface area contributed by atoms with E-state index in [1.807, 2.05) is 6.20 Å². The summed E-state index contributed by atoms with van der Waals surface area (Å²) in [7, 11) is 0. The molecule has 3 heteroatoms. The Labute approximate surface area is 104 Å². The van der Waals surface area contributed by atoms with Gasteiger partial charge in [0.05, 0.1) is 11.8 Å². The van der Waals surface area contributed by atoms with Gasteiger partial charge in [0.15, 0.2) is 0 Å².